The Hall–Kier alpha value is -1.72. The third-order valence-corrected chi connectivity index (χ3v) is 3.46. The molecule has 0 bridgehead atoms. The number of benzene rings is 1. The van der Waals surface area contributed by atoms with Crippen LogP contribution in [0, 0.1) is 5.82 Å². The molecule has 1 heterocycles. The zero-order valence-corrected chi connectivity index (χ0v) is 12.0. The van der Waals surface area contributed by atoms with Gasteiger partial charge >= 0.3 is 0 Å². The molecule has 7 heteroatoms. The lowest BCUT2D eigenvalue weighted by atomic mass is 10.1. The van der Waals surface area contributed by atoms with Crippen molar-refractivity contribution >= 4 is 29.4 Å². The number of oxime groups is 1. The van der Waals surface area contributed by atoms with Crippen molar-refractivity contribution in [2.45, 2.75) is 13.3 Å². The summed E-state index contributed by atoms with van der Waals surface area (Å²) in [4.78, 5) is 8.05. The van der Waals surface area contributed by atoms with Crippen molar-refractivity contribution in [3.63, 3.8) is 0 Å². The van der Waals surface area contributed by atoms with Crippen LogP contribution in [0.5, 0.6) is 0 Å². The summed E-state index contributed by atoms with van der Waals surface area (Å²) in [5, 5.41) is 11.9. The molecule has 1 aromatic carbocycles. The average Bonchev–Trinajstić information content (AvgIpc) is 2.43. The first-order chi connectivity index (χ1) is 9.58. The van der Waals surface area contributed by atoms with E-state index in [0.29, 0.717) is 22.7 Å². The molecule has 0 fully saturated rings. The van der Waals surface area contributed by atoms with E-state index < -0.39 is 5.82 Å². The number of rotatable bonds is 3. The summed E-state index contributed by atoms with van der Waals surface area (Å²) in [5.74, 6) is -0.562. The number of aryl methyl sites for hydroxylation is 1. The molecule has 0 aliphatic carbocycles. The monoisotopic (exact) mass is 313 g/mol. The van der Waals surface area contributed by atoms with Gasteiger partial charge in [0, 0.05) is 11.1 Å². The molecule has 0 saturated heterocycles. The molecule has 0 atom stereocenters. The maximum atomic E-state index is 14.1. The van der Waals surface area contributed by atoms with Crippen LogP contribution in [-0.2, 0) is 6.42 Å². The normalized spacial score (nSPS) is 11.2. The SMILES string of the molecule is CCc1ncnc(-c2cc(C=NO)c(Cl)cc2F)c1Cl. The van der Waals surface area contributed by atoms with Crippen LogP contribution in [0.2, 0.25) is 10.0 Å². The molecule has 0 aliphatic heterocycles. The molecular weight excluding hydrogens is 304 g/mol. The van der Waals surface area contributed by atoms with Gasteiger partial charge in [0.05, 0.1) is 27.6 Å². The zero-order valence-electron chi connectivity index (χ0n) is 10.4. The third kappa shape index (κ3) is 2.73. The van der Waals surface area contributed by atoms with Gasteiger partial charge in [-0.25, -0.2) is 14.4 Å². The summed E-state index contributed by atoms with van der Waals surface area (Å²) in [5.41, 5.74) is 1.44. The van der Waals surface area contributed by atoms with Gasteiger partial charge < -0.3 is 5.21 Å². The number of hydrogen-bond donors (Lipinski definition) is 1. The average molecular weight is 314 g/mol. The quantitative estimate of drug-likeness (QED) is 0.530. The maximum Gasteiger partial charge on any atom is 0.134 e. The van der Waals surface area contributed by atoms with Crippen molar-refractivity contribution in [1.82, 2.24) is 9.97 Å². The van der Waals surface area contributed by atoms with Crippen molar-refractivity contribution < 1.29 is 9.60 Å². The van der Waals surface area contributed by atoms with Crippen LogP contribution in [-0.4, -0.2) is 21.4 Å². The summed E-state index contributed by atoms with van der Waals surface area (Å²) in [6, 6.07) is 2.54. The second-order valence-corrected chi connectivity index (χ2v) is 4.72. The van der Waals surface area contributed by atoms with Crippen LogP contribution in [0.25, 0.3) is 11.3 Å². The van der Waals surface area contributed by atoms with Crippen LogP contribution in [0.4, 0.5) is 4.39 Å². The summed E-state index contributed by atoms with van der Waals surface area (Å²) in [7, 11) is 0. The van der Waals surface area contributed by atoms with Crippen molar-refractivity contribution in [1.29, 1.82) is 0 Å². The molecule has 1 aromatic heterocycles. The molecule has 20 heavy (non-hydrogen) atoms. The molecule has 104 valence electrons. The highest BCUT2D eigenvalue weighted by Crippen LogP contribution is 2.32. The maximum absolute atomic E-state index is 14.1. The molecule has 0 aliphatic rings. The summed E-state index contributed by atoms with van der Waals surface area (Å²) in [6.07, 6.45) is 3.05. The Balaban J connectivity index is 2.66. The number of aromatic nitrogens is 2. The van der Waals surface area contributed by atoms with Crippen LogP contribution in [0.15, 0.2) is 23.6 Å². The van der Waals surface area contributed by atoms with Gasteiger partial charge in [-0.15, -0.1) is 0 Å². The Morgan fingerprint density at radius 3 is 2.75 bits per heavy atom. The largest absolute Gasteiger partial charge is 0.411 e. The first-order valence-corrected chi connectivity index (χ1v) is 6.50. The predicted molar refractivity (Wildman–Crippen MR) is 76.2 cm³/mol. The fourth-order valence-electron chi connectivity index (χ4n) is 1.75. The fraction of sp³-hybridized carbons (Fsp3) is 0.154. The molecule has 0 radical (unpaired) electrons. The lowest BCUT2D eigenvalue weighted by molar-refractivity contribution is 0.322. The molecule has 0 spiro atoms. The van der Waals surface area contributed by atoms with Crippen LogP contribution >= 0.6 is 23.2 Å². The minimum atomic E-state index is -0.562. The smallest absolute Gasteiger partial charge is 0.134 e. The summed E-state index contributed by atoms with van der Waals surface area (Å²) < 4.78 is 14.1. The van der Waals surface area contributed by atoms with E-state index >= 15 is 0 Å². The van der Waals surface area contributed by atoms with Crippen molar-refractivity contribution in [3.05, 3.63) is 45.6 Å². The van der Waals surface area contributed by atoms with E-state index in [9.17, 15) is 4.39 Å². The molecule has 1 N–H and O–H groups in total. The minimum Gasteiger partial charge on any atom is -0.411 e. The molecule has 0 amide bonds. The second kappa shape index (κ2) is 6.15. The molecule has 4 nitrogen and oxygen atoms in total. The Kier molecular flexibility index (Phi) is 4.52. The van der Waals surface area contributed by atoms with Gasteiger partial charge in [-0.3, -0.25) is 0 Å². The van der Waals surface area contributed by atoms with Crippen LogP contribution in [0.1, 0.15) is 18.2 Å². The molecule has 0 unspecified atom stereocenters. The first-order valence-electron chi connectivity index (χ1n) is 5.74. The van der Waals surface area contributed by atoms with E-state index in [1.807, 2.05) is 6.92 Å². The highest BCUT2D eigenvalue weighted by atomic mass is 35.5. The van der Waals surface area contributed by atoms with E-state index in [0.717, 1.165) is 12.3 Å². The Morgan fingerprint density at radius 2 is 2.10 bits per heavy atom. The van der Waals surface area contributed by atoms with Crippen molar-refractivity contribution in [3.8, 4) is 11.3 Å². The van der Waals surface area contributed by atoms with Crippen molar-refractivity contribution in [2.24, 2.45) is 5.16 Å². The number of hydrogen-bond acceptors (Lipinski definition) is 4. The topological polar surface area (TPSA) is 58.4 Å². The van der Waals surface area contributed by atoms with Gasteiger partial charge in [0.15, 0.2) is 0 Å². The predicted octanol–water partition coefficient (Wildman–Crippen LogP) is 3.96. The lowest BCUT2D eigenvalue weighted by Crippen LogP contribution is -1.98. The standard InChI is InChI=1S/C13H10Cl2FN3O/c1-2-11-12(15)13(18-6-17-11)8-3-7(5-19-20)9(14)4-10(8)16/h3-6,20H,2H2,1H3. The van der Waals surface area contributed by atoms with Gasteiger partial charge in [-0.2, -0.15) is 0 Å². The lowest BCUT2D eigenvalue weighted by Gasteiger charge is -2.09. The summed E-state index contributed by atoms with van der Waals surface area (Å²) >= 11 is 12.0. The van der Waals surface area contributed by atoms with Gasteiger partial charge in [0.2, 0.25) is 0 Å². The van der Waals surface area contributed by atoms with Crippen LogP contribution < -0.4 is 0 Å². The highest BCUT2D eigenvalue weighted by Gasteiger charge is 2.16. The van der Waals surface area contributed by atoms with Crippen LogP contribution in [0.3, 0.4) is 0 Å². The Bertz CT molecular complexity index is 677. The molecule has 2 aromatic rings. The zero-order chi connectivity index (χ0) is 14.7. The number of nitrogens with zero attached hydrogens (tertiary/aromatic N) is 3. The van der Waals surface area contributed by atoms with Gasteiger partial charge in [-0.05, 0) is 18.6 Å². The number of halogens is 3. The van der Waals surface area contributed by atoms with Gasteiger partial charge in [0.1, 0.15) is 12.1 Å². The van der Waals surface area contributed by atoms with E-state index in [1.54, 1.807) is 0 Å². The van der Waals surface area contributed by atoms with Gasteiger partial charge in [-0.1, -0.05) is 35.3 Å². The molecule has 0 saturated carbocycles. The first kappa shape index (κ1) is 14.7. The molecule has 2 rings (SSSR count). The van der Waals surface area contributed by atoms with E-state index in [2.05, 4.69) is 15.1 Å². The van der Waals surface area contributed by atoms with Gasteiger partial charge in [0.25, 0.3) is 0 Å². The van der Waals surface area contributed by atoms with E-state index in [1.165, 1.54) is 12.4 Å². The summed E-state index contributed by atoms with van der Waals surface area (Å²) in [6.45, 7) is 1.89. The molecular formula is C13H10Cl2FN3O. The Labute approximate surface area is 124 Å². The Morgan fingerprint density at radius 1 is 1.35 bits per heavy atom. The second-order valence-electron chi connectivity index (χ2n) is 3.93. The van der Waals surface area contributed by atoms with E-state index in [4.69, 9.17) is 28.4 Å². The van der Waals surface area contributed by atoms with Crippen molar-refractivity contribution in [2.75, 3.05) is 0 Å². The highest BCUT2D eigenvalue weighted by molar-refractivity contribution is 6.34. The fourth-order valence-corrected chi connectivity index (χ4v) is 2.28. The third-order valence-electron chi connectivity index (χ3n) is 2.73. The minimum absolute atomic E-state index is 0.130. The van der Waals surface area contributed by atoms with E-state index in [-0.39, 0.29) is 16.3 Å².